The molecule has 2 N–H and O–H groups in total. The molecule has 0 spiro atoms. The fourth-order valence-corrected chi connectivity index (χ4v) is 2.41. The summed E-state index contributed by atoms with van der Waals surface area (Å²) in [4.78, 5) is 12.1. The number of hydrogen-bond donors (Lipinski definition) is 1. The van der Waals surface area contributed by atoms with Crippen LogP contribution in [0.1, 0.15) is 15.9 Å². The van der Waals surface area contributed by atoms with E-state index in [1.165, 1.54) is 0 Å². The number of carbonyl (C=O) groups is 1. The molecule has 78 valence electrons. The maximum absolute atomic E-state index is 12.1. The smallest absolute Gasteiger partial charge is 0.194 e. The highest BCUT2D eigenvalue weighted by atomic mass is 79.9. The first kappa shape index (κ1) is 9.60. The van der Waals surface area contributed by atoms with Crippen molar-refractivity contribution in [3.63, 3.8) is 0 Å². The van der Waals surface area contributed by atoms with Crippen LogP contribution in [0.4, 0.5) is 5.69 Å². The minimum atomic E-state index is 0.0600. The average Bonchev–Trinajstić information content (AvgIpc) is 2.55. The molecule has 2 aromatic rings. The molecule has 3 heteroatoms. The maximum Gasteiger partial charge on any atom is 0.194 e. The van der Waals surface area contributed by atoms with Crippen LogP contribution in [0.2, 0.25) is 0 Å². The maximum atomic E-state index is 12.1. The molecule has 0 saturated carbocycles. The number of hydrogen-bond acceptors (Lipinski definition) is 2. The van der Waals surface area contributed by atoms with Gasteiger partial charge < -0.3 is 5.73 Å². The van der Waals surface area contributed by atoms with E-state index in [1.807, 2.05) is 30.3 Å². The summed E-state index contributed by atoms with van der Waals surface area (Å²) in [5.41, 5.74) is 9.79. The molecule has 0 aliphatic heterocycles. The molecule has 0 heterocycles. The van der Waals surface area contributed by atoms with Crippen LogP contribution >= 0.6 is 15.9 Å². The number of nitrogen functional groups attached to an aromatic ring is 1. The molecule has 0 radical (unpaired) electrons. The third kappa shape index (κ3) is 1.15. The van der Waals surface area contributed by atoms with Crippen molar-refractivity contribution in [2.45, 2.75) is 0 Å². The predicted molar refractivity (Wildman–Crippen MR) is 67.4 cm³/mol. The lowest BCUT2D eigenvalue weighted by molar-refractivity contribution is 0.104. The highest BCUT2D eigenvalue weighted by Crippen LogP contribution is 2.39. The average molecular weight is 274 g/mol. The molecule has 3 rings (SSSR count). The Morgan fingerprint density at radius 1 is 0.938 bits per heavy atom. The second-order valence-electron chi connectivity index (χ2n) is 3.79. The summed E-state index contributed by atoms with van der Waals surface area (Å²) in [6.45, 7) is 0. The largest absolute Gasteiger partial charge is 0.398 e. The fourth-order valence-electron chi connectivity index (χ4n) is 2.06. The quantitative estimate of drug-likeness (QED) is 0.639. The van der Waals surface area contributed by atoms with E-state index in [9.17, 15) is 4.79 Å². The number of rotatable bonds is 0. The van der Waals surface area contributed by atoms with Gasteiger partial charge >= 0.3 is 0 Å². The monoisotopic (exact) mass is 273 g/mol. The topological polar surface area (TPSA) is 43.1 Å². The SMILES string of the molecule is Nc1cc2c(cc1Br)-c1ccccc1C2=O. The molecular weight excluding hydrogens is 266 g/mol. The van der Waals surface area contributed by atoms with Gasteiger partial charge in [-0.25, -0.2) is 0 Å². The number of carbonyl (C=O) groups excluding carboxylic acids is 1. The third-order valence-electron chi connectivity index (χ3n) is 2.84. The van der Waals surface area contributed by atoms with Crippen LogP contribution in [-0.2, 0) is 0 Å². The van der Waals surface area contributed by atoms with Gasteiger partial charge in [0, 0.05) is 21.3 Å². The molecular formula is C13H8BrNO. The molecule has 2 aromatic carbocycles. The van der Waals surface area contributed by atoms with Gasteiger partial charge in [-0.2, -0.15) is 0 Å². The van der Waals surface area contributed by atoms with Crippen LogP contribution in [0.25, 0.3) is 11.1 Å². The Morgan fingerprint density at radius 3 is 2.38 bits per heavy atom. The zero-order valence-electron chi connectivity index (χ0n) is 8.33. The van der Waals surface area contributed by atoms with Gasteiger partial charge in [0.05, 0.1) is 0 Å². The van der Waals surface area contributed by atoms with Crippen LogP contribution in [0.3, 0.4) is 0 Å². The van der Waals surface area contributed by atoms with E-state index < -0.39 is 0 Å². The third-order valence-corrected chi connectivity index (χ3v) is 3.53. The Kier molecular flexibility index (Phi) is 1.91. The van der Waals surface area contributed by atoms with E-state index in [2.05, 4.69) is 15.9 Å². The van der Waals surface area contributed by atoms with Gasteiger partial charge in [-0.05, 0) is 39.2 Å². The van der Waals surface area contributed by atoms with Crippen molar-refractivity contribution < 1.29 is 4.79 Å². The predicted octanol–water partition coefficient (Wildman–Crippen LogP) is 3.24. The van der Waals surface area contributed by atoms with Gasteiger partial charge in [0.2, 0.25) is 0 Å². The molecule has 0 atom stereocenters. The molecule has 1 aliphatic carbocycles. The van der Waals surface area contributed by atoms with E-state index in [0.29, 0.717) is 11.3 Å². The molecule has 0 fully saturated rings. The number of halogens is 1. The highest BCUT2D eigenvalue weighted by Gasteiger charge is 2.26. The number of benzene rings is 2. The lowest BCUT2D eigenvalue weighted by atomic mass is 10.1. The Balaban J connectivity index is 2.38. The second kappa shape index (κ2) is 3.19. The fraction of sp³-hybridized carbons (Fsp3) is 0. The first-order valence-corrected chi connectivity index (χ1v) is 5.71. The van der Waals surface area contributed by atoms with Crippen molar-refractivity contribution in [3.05, 3.63) is 52.0 Å². The van der Waals surface area contributed by atoms with Crippen LogP contribution in [0.15, 0.2) is 40.9 Å². The van der Waals surface area contributed by atoms with Gasteiger partial charge in [0.1, 0.15) is 0 Å². The van der Waals surface area contributed by atoms with Crippen molar-refractivity contribution in [3.8, 4) is 11.1 Å². The van der Waals surface area contributed by atoms with Crippen molar-refractivity contribution in [1.29, 1.82) is 0 Å². The first-order valence-electron chi connectivity index (χ1n) is 4.91. The lowest BCUT2D eigenvalue weighted by Crippen LogP contribution is -1.96. The summed E-state index contributed by atoms with van der Waals surface area (Å²) < 4.78 is 0.829. The Hall–Kier alpha value is -1.61. The van der Waals surface area contributed by atoms with E-state index in [0.717, 1.165) is 21.2 Å². The molecule has 1 aliphatic rings. The van der Waals surface area contributed by atoms with Gasteiger partial charge in [-0.15, -0.1) is 0 Å². The van der Waals surface area contributed by atoms with Crippen LogP contribution in [0, 0.1) is 0 Å². The molecule has 0 bridgehead atoms. The minimum Gasteiger partial charge on any atom is -0.398 e. The summed E-state index contributed by atoms with van der Waals surface area (Å²) in [6, 6.07) is 11.3. The number of ketones is 1. The Morgan fingerprint density at radius 2 is 1.62 bits per heavy atom. The molecule has 0 unspecified atom stereocenters. The zero-order chi connectivity index (χ0) is 11.3. The Bertz CT molecular complexity index is 619. The summed E-state index contributed by atoms with van der Waals surface area (Å²) in [5, 5.41) is 0. The first-order chi connectivity index (χ1) is 7.68. The second-order valence-corrected chi connectivity index (χ2v) is 4.65. The van der Waals surface area contributed by atoms with Gasteiger partial charge in [0.25, 0.3) is 0 Å². The summed E-state index contributed by atoms with van der Waals surface area (Å²) in [5.74, 6) is 0.0600. The van der Waals surface area contributed by atoms with Gasteiger partial charge in [0.15, 0.2) is 5.78 Å². The van der Waals surface area contributed by atoms with E-state index in [-0.39, 0.29) is 5.78 Å². The van der Waals surface area contributed by atoms with Crippen molar-refractivity contribution in [2.75, 3.05) is 5.73 Å². The van der Waals surface area contributed by atoms with E-state index >= 15 is 0 Å². The molecule has 2 nitrogen and oxygen atoms in total. The molecule has 0 aromatic heterocycles. The highest BCUT2D eigenvalue weighted by molar-refractivity contribution is 9.10. The Labute approximate surface area is 101 Å². The molecule has 0 amide bonds. The number of anilines is 1. The van der Waals surface area contributed by atoms with Crippen molar-refractivity contribution >= 4 is 27.4 Å². The number of fused-ring (bicyclic) bond motifs is 3. The van der Waals surface area contributed by atoms with Crippen LogP contribution in [-0.4, -0.2) is 5.78 Å². The van der Waals surface area contributed by atoms with Crippen LogP contribution in [0.5, 0.6) is 0 Å². The lowest BCUT2D eigenvalue weighted by Gasteiger charge is -2.03. The summed E-state index contributed by atoms with van der Waals surface area (Å²) >= 11 is 3.38. The van der Waals surface area contributed by atoms with Crippen LogP contribution < -0.4 is 5.73 Å². The summed E-state index contributed by atoms with van der Waals surface area (Å²) in [6.07, 6.45) is 0. The van der Waals surface area contributed by atoms with E-state index in [1.54, 1.807) is 6.07 Å². The van der Waals surface area contributed by atoms with Crippen molar-refractivity contribution in [1.82, 2.24) is 0 Å². The molecule has 16 heavy (non-hydrogen) atoms. The molecule has 0 saturated heterocycles. The summed E-state index contributed by atoms with van der Waals surface area (Å²) in [7, 11) is 0. The normalized spacial score (nSPS) is 12.4. The van der Waals surface area contributed by atoms with Crippen molar-refractivity contribution in [2.24, 2.45) is 0 Å². The van der Waals surface area contributed by atoms with Gasteiger partial charge in [-0.1, -0.05) is 24.3 Å². The van der Waals surface area contributed by atoms with Gasteiger partial charge in [-0.3, -0.25) is 4.79 Å². The zero-order valence-corrected chi connectivity index (χ0v) is 9.91. The minimum absolute atomic E-state index is 0.0600. The number of nitrogens with two attached hydrogens (primary N) is 1. The standard InChI is InChI=1S/C13H8BrNO/c14-11-5-9-7-3-1-2-4-8(7)13(16)10(9)6-12(11)15/h1-6H,15H2. The van der Waals surface area contributed by atoms with E-state index in [4.69, 9.17) is 5.73 Å².